The van der Waals surface area contributed by atoms with Crippen LogP contribution in [-0.2, 0) is 9.53 Å². The third-order valence-corrected chi connectivity index (χ3v) is 3.63. The molecule has 1 aromatic rings. The predicted octanol–water partition coefficient (Wildman–Crippen LogP) is 1.19. The number of ether oxygens (including phenoxy) is 1. The van der Waals surface area contributed by atoms with Gasteiger partial charge in [-0.2, -0.15) is 0 Å². The van der Waals surface area contributed by atoms with Crippen LogP contribution in [0.2, 0.25) is 0 Å². The van der Waals surface area contributed by atoms with Gasteiger partial charge in [-0.1, -0.05) is 0 Å². The zero-order valence-electron chi connectivity index (χ0n) is 14.4. The number of aromatic nitrogens is 1. The molecule has 1 aromatic heterocycles. The maximum absolute atomic E-state index is 12.6. The molecule has 0 fully saturated rings. The monoisotopic (exact) mass is 323 g/mol. The molecule has 7 nitrogen and oxygen atoms in total. The maximum atomic E-state index is 12.6. The highest BCUT2D eigenvalue weighted by Gasteiger charge is 2.25. The van der Waals surface area contributed by atoms with Crippen molar-refractivity contribution in [2.24, 2.45) is 5.73 Å². The van der Waals surface area contributed by atoms with Crippen molar-refractivity contribution in [1.29, 1.82) is 0 Å². The van der Waals surface area contributed by atoms with E-state index in [4.69, 9.17) is 10.5 Å². The molecule has 128 valence electrons. The van der Waals surface area contributed by atoms with Gasteiger partial charge in [-0.3, -0.25) is 14.5 Å². The molecule has 0 aliphatic heterocycles. The lowest BCUT2D eigenvalue weighted by Crippen LogP contribution is -2.41. The molecule has 1 amide bonds. The summed E-state index contributed by atoms with van der Waals surface area (Å²) in [4.78, 5) is 40.2. The number of aromatic amines is 1. The Morgan fingerprint density at radius 2 is 1.83 bits per heavy atom. The van der Waals surface area contributed by atoms with Gasteiger partial charge in [0.1, 0.15) is 5.69 Å². The highest BCUT2D eigenvalue weighted by atomic mass is 16.5. The first-order chi connectivity index (χ1) is 10.7. The van der Waals surface area contributed by atoms with E-state index in [-0.39, 0.29) is 31.5 Å². The lowest BCUT2D eigenvalue weighted by Gasteiger charge is -2.24. The molecule has 0 aliphatic rings. The topological polar surface area (TPSA) is 105 Å². The van der Waals surface area contributed by atoms with Crippen molar-refractivity contribution < 1.29 is 19.1 Å². The molecular weight excluding hydrogens is 298 g/mol. The summed E-state index contributed by atoms with van der Waals surface area (Å²) in [5.74, 6) is -1.13. The molecule has 0 aromatic carbocycles. The number of Topliss-reactive ketones (excluding diaryl/α,β-unsaturated/α-hetero) is 1. The molecule has 0 spiro atoms. The molecule has 1 rings (SSSR count). The van der Waals surface area contributed by atoms with Gasteiger partial charge in [0.05, 0.1) is 19.7 Å². The first-order valence-electron chi connectivity index (χ1n) is 7.60. The highest BCUT2D eigenvalue weighted by molar-refractivity contribution is 6.03. The van der Waals surface area contributed by atoms with E-state index in [0.29, 0.717) is 22.5 Å². The maximum Gasteiger partial charge on any atom is 0.355 e. The Morgan fingerprint density at radius 1 is 1.22 bits per heavy atom. The number of hydrogen-bond acceptors (Lipinski definition) is 5. The second-order valence-electron chi connectivity index (χ2n) is 5.73. The minimum Gasteiger partial charge on any atom is -0.461 e. The summed E-state index contributed by atoms with van der Waals surface area (Å²) in [6, 6.07) is -0.00414. The van der Waals surface area contributed by atoms with Crippen molar-refractivity contribution >= 4 is 17.7 Å². The number of primary amides is 1. The second-order valence-corrected chi connectivity index (χ2v) is 5.73. The van der Waals surface area contributed by atoms with Crippen LogP contribution in [0, 0.1) is 13.8 Å². The standard InChI is InChI=1S/C16H25N3O4/c1-6-23-16(22)15-10(4)14(11(5)18-15)12(20)7-19(9(2)3)8-13(17)21/h9,18H,6-8H2,1-5H3,(H2,17,21). The normalized spacial score (nSPS) is 11.1. The Labute approximate surface area is 136 Å². The number of nitrogens with zero attached hydrogens (tertiary/aromatic N) is 1. The van der Waals surface area contributed by atoms with Crippen molar-refractivity contribution in [1.82, 2.24) is 9.88 Å². The number of esters is 1. The van der Waals surface area contributed by atoms with Crippen molar-refractivity contribution in [3.63, 3.8) is 0 Å². The van der Waals surface area contributed by atoms with Crippen molar-refractivity contribution in [2.45, 2.75) is 40.7 Å². The van der Waals surface area contributed by atoms with Crippen LogP contribution in [-0.4, -0.2) is 53.3 Å². The minimum absolute atomic E-state index is 0.00414. The number of H-pyrrole nitrogens is 1. The Bertz CT molecular complexity index is 605. The number of ketones is 1. The molecular formula is C16H25N3O4. The SMILES string of the molecule is CCOC(=O)c1[nH]c(C)c(C(=O)CN(CC(N)=O)C(C)C)c1C. The van der Waals surface area contributed by atoms with E-state index < -0.39 is 11.9 Å². The summed E-state index contributed by atoms with van der Waals surface area (Å²) in [6.45, 7) is 9.26. The van der Waals surface area contributed by atoms with Gasteiger partial charge in [0.15, 0.2) is 5.78 Å². The number of aryl methyl sites for hydroxylation is 1. The van der Waals surface area contributed by atoms with Gasteiger partial charge in [0.2, 0.25) is 5.91 Å². The first kappa shape index (κ1) is 18.9. The molecule has 0 saturated heterocycles. The smallest absolute Gasteiger partial charge is 0.355 e. The van der Waals surface area contributed by atoms with Crippen LogP contribution >= 0.6 is 0 Å². The Hall–Kier alpha value is -2.15. The lowest BCUT2D eigenvalue weighted by atomic mass is 10.0. The third-order valence-electron chi connectivity index (χ3n) is 3.63. The molecule has 0 atom stereocenters. The zero-order valence-corrected chi connectivity index (χ0v) is 14.4. The van der Waals surface area contributed by atoms with E-state index in [1.165, 1.54) is 0 Å². The third kappa shape index (κ3) is 4.66. The first-order valence-corrected chi connectivity index (χ1v) is 7.60. The van der Waals surface area contributed by atoms with E-state index >= 15 is 0 Å². The second kappa shape index (κ2) is 7.92. The molecule has 0 bridgehead atoms. The van der Waals surface area contributed by atoms with Gasteiger partial charge in [0, 0.05) is 17.3 Å². The summed E-state index contributed by atoms with van der Waals surface area (Å²) in [7, 11) is 0. The van der Waals surface area contributed by atoms with Gasteiger partial charge >= 0.3 is 5.97 Å². The number of nitrogens with two attached hydrogens (primary N) is 1. The molecule has 7 heteroatoms. The highest BCUT2D eigenvalue weighted by Crippen LogP contribution is 2.20. The molecule has 0 radical (unpaired) electrons. The Balaban J connectivity index is 3.04. The largest absolute Gasteiger partial charge is 0.461 e. The molecule has 0 saturated carbocycles. The van der Waals surface area contributed by atoms with Crippen LogP contribution in [0.5, 0.6) is 0 Å². The fourth-order valence-corrected chi connectivity index (χ4v) is 2.46. The average Bonchev–Trinajstić information content (AvgIpc) is 2.73. The Morgan fingerprint density at radius 3 is 2.30 bits per heavy atom. The zero-order chi connectivity index (χ0) is 17.7. The van der Waals surface area contributed by atoms with E-state index in [1.54, 1.807) is 25.7 Å². The molecule has 1 heterocycles. The molecule has 0 aliphatic carbocycles. The number of hydrogen-bond donors (Lipinski definition) is 2. The van der Waals surface area contributed by atoms with Crippen LogP contribution in [0.1, 0.15) is 52.9 Å². The van der Waals surface area contributed by atoms with E-state index in [1.807, 2.05) is 13.8 Å². The van der Waals surface area contributed by atoms with E-state index in [2.05, 4.69) is 4.98 Å². The number of carbonyl (C=O) groups excluding carboxylic acids is 3. The van der Waals surface area contributed by atoms with Gasteiger partial charge in [0.25, 0.3) is 0 Å². The Kier molecular flexibility index (Phi) is 6.50. The summed E-state index contributed by atoms with van der Waals surface area (Å²) in [6.07, 6.45) is 0. The van der Waals surface area contributed by atoms with Crippen LogP contribution < -0.4 is 5.73 Å². The van der Waals surface area contributed by atoms with Crippen LogP contribution in [0.3, 0.4) is 0 Å². The van der Waals surface area contributed by atoms with Crippen LogP contribution in [0.25, 0.3) is 0 Å². The fourth-order valence-electron chi connectivity index (χ4n) is 2.46. The van der Waals surface area contributed by atoms with Crippen molar-refractivity contribution in [2.75, 3.05) is 19.7 Å². The summed E-state index contributed by atoms with van der Waals surface area (Å²) in [5.41, 5.74) is 7.15. The van der Waals surface area contributed by atoms with Gasteiger partial charge in [-0.15, -0.1) is 0 Å². The number of carbonyl (C=O) groups is 3. The van der Waals surface area contributed by atoms with E-state index in [0.717, 1.165) is 0 Å². The van der Waals surface area contributed by atoms with Crippen LogP contribution in [0.15, 0.2) is 0 Å². The minimum atomic E-state index is -0.485. The number of nitrogens with one attached hydrogen (secondary N) is 1. The molecule has 0 unspecified atom stereocenters. The predicted molar refractivity (Wildman–Crippen MR) is 86.5 cm³/mol. The average molecular weight is 323 g/mol. The fraction of sp³-hybridized carbons (Fsp3) is 0.562. The van der Waals surface area contributed by atoms with Crippen molar-refractivity contribution in [3.8, 4) is 0 Å². The van der Waals surface area contributed by atoms with E-state index in [9.17, 15) is 14.4 Å². The molecule has 3 N–H and O–H groups in total. The number of amides is 1. The van der Waals surface area contributed by atoms with Gasteiger partial charge in [-0.05, 0) is 40.2 Å². The molecule has 23 heavy (non-hydrogen) atoms. The number of rotatable bonds is 8. The summed E-state index contributed by atoms with van der Waals surface area (Å²) >= 11 is 0. The van der Waals surface area contributed by atoms with Crippen molar-refractivity contribution in [3.05, 3.63) is 22.5 Å². The quantitative estimate of drug-likeness (QED) is 0.552. The van der Waals surface area contributed by atoms with Gasteiger partial charge < -0.3 is 15.5 Å². The van der Waals surface area contributed by atoms with Gasteiger partial charge in [-0.25, -0.2) is 4.79 Å². The summed E-state index contributed by atoms with van der Waals surface area (Å²) < 4.78 is 4.98. The van der Waals surface area contributed by atoms with Crippen LogP contribution in [0.4, 0.5) is 0 Å². The summed E-state index contributed by atoms with van der Waals surface area (Å²) in [5, 5.41) is 0. The lowest BCUT2D eigenvalue weighted by molar-refractivity contribution is -0.119.